The van der Waals surface area contributed by atoms with Crippen molar-refractivity contribution in [2.45, 2.75) is 32.9 Å². The fourth-order valence-electron chi connectivity index (χ4n) is 2.42. The standard InChI is InChI=1S/C18H24F2N4OS.HI/c1-4-15-11-23-16(26-15)9-10-22-18(21-2)24(3)12-13-5-7-14(8-6-13)25-17(19)20;/h5-8,11,17H,4,9-10,12H2,1-3H3,(H,21,22);1H. The van der Waals surface area contributed by atoms with E-state index in [-0.39, 0.29) is 29.7 Å². The number of hydrogen-bond donors (Lipinski definition) is 1. The van der Waals surface area contributed by atoms with Gasteiger partial charge in [0.25, 0.3) is 0 Å². The normalized spacial score (nSPS) is 11.3. The summed E-state index contributed by atoms with van der Waals surface area (Å²) in [6, 6.07) is 6.62. The molecule has 0 saturated carbocycles. The number of halogens is 3. The second-order valence-electron chi connectivity index (χ2n) is 5.68. The number of guanidine groups is 1. The van der Waals surface area contributed by atoms with Crippen molar-refractivity contribution in [3.05, 3.63) is 45.9 Å². The summed E-state index contributed by atoms with van der Waals surface area (Å²) in [5, 5.41) is 4.43. The van der Waals surface area contributed by atoms with Crippen molar-refractivity contribution in [3.8, 4) is 5.75 Å². The highest BCUT2D eigenvalue weighted by Crippen LogP contribution is 2.16. The summed E-state index contributed by atoms with van der Waals surface area (Å²) in [6.45, 7) is 0.664. The van der Waals surface area contributed by atoms with E-state index >= 15 is 0 Å². The Bertz CT molecular complexity index is 710. The molecule has 2 rings (SSSR count). The highest BCUT2D eigenvalue weighted by Gasteiger charge is 2.09. The predicted molar refractivity (Wildman–Crippen MR) is 117 cm³/mol. The summed E-state index contributed by atoms with van der Waals surface area (Å²) in [4.78, 5) is 12.0. The van der Waals surface area contributed by atoms with Gasteiger partial charge >= 0.3 is 6.61 Å². The molecule has 0 fully saturated rings. The summed E-state index contributed by atoms with van der Waals surface area (Å²) >= 11 is 1.74. The molecule has 0 aliphatic rings. The van der Waals surface area contributed by atoms with E-state index < -0.39 is 6.61 Å². The number of aromatic nitrogens is 1. The molecule has 0 aliphatic carbocycles. The van der Waals surface area contributed by atoms with Gasteiger partial charge in [0, 0.05) is 44.7 Å². The monoisotopic (exact) mass is 510 g/mol. The van der Waals surface area contributed by atoms with Gasteiger partial charge in [-0.3, -0.25) is 4.99 Å². The predicted octanol–water partition coefficient (Wildman–Crippen LogP) is 4.17. The zero-order valence-corrected chi connectivity index (χ0v) is 18.8. The first-order chi connectivity index (χ1) is 12.5. The zero-order valence-electron chi connectivity index (χ0n) is 15.6. The Kier molecular flexibility index (Phi) is 10.5. The number of hydrogen-bond acceptors (Lipinski definition) is 4. The molecule has 0 unspecified atom stereocenters. The molecule has 0 bridgehead atoms. The van der Waals surface area contributed by atoms with Gasteiger partial charge in [-0.2, -0.15) is 8.78 Å². The first-order valence-electron chi connectivity index (χ1n) is 8.41. The van der Waals surface area contributed by atoms with E-state index in [0.717, 1.165) is 35.9 Å². The lowest BCUT2D eigenvalue weighted by molar-refractivity contribution is -0.0498. The third-order valence-corrected chi connectivity index (χ3v) is 4.91. The van der Waals surface area contributed by atoms with Crippen molar-refractivity contribution in [3.63, 3.8) is 0 Å². The largest absolute Gasteiger partial charge is 0.435 e. The number of alkyl halides is 2. The van der Waals surface area contributed by atoms with Crippen LogP contribution in [0.15, 0.2) is 35.5 Å². The number of thiazole rings is 1. The molecule has 1 heterocycles. The van der Waals surface area contributed by atoms with Gasteiger partial charge in [-0.1, -0.05) is 19.1 Å². The fraction of sp³-hybridized carbons (Fsp3) is 0.444. The van der Waals surface area contributed by atoms with E-state index in [4.69, 9.17) is 0 Å². The lowest BCUT2D eigenvalue weighted by Crippen LogP contribution is -2.39. The van der Waals surface area contributed by atoms with E-state index in [9.17, 15) is 8.78 Å². The molecular formula is C18H25F2IN4OS. The highest BCUT2D eigenvalue weighted by atomic mass is 127. The average molecular weight is 510 g/mol. The lowest BCUT2D eigenvalue weighted by atomic mass is 10.2. The first kappa shape index (κ1) is 23.5. The molecular weight excluding hydrogens is 485 g/mol. The minimum atomic E-state index is -2.81. The molecule has 9 heteroatoms. The summed E-state index contributed by atoms with van der Waals surface area (Å²) in [7, 11) is 3.66. The molecule has 0 saturated heterocycles. The van der Waals surface area contributed by atoms with Crippen molar-refractivity contribution in [2.24, 2.45) is 4.99 Å². The molecule has 150 valence electrons. The number of benzene rings is 1. The Hall–Kier alpha value is -1.49. The Balaban J connectivity index is 0.00000364. The molecule has 1 N–H and O–H groups in total. The van der Waals surface area contributed by atoms with Gasteiger partial charge in [-0.25, -0.2) is 4.98 Å². The molecule has 0 amide bonds. The number of ether oxygens (including phenoxy) is 1. The van der Waals surface area contributed by atoms with E-state index in [1.165, 1.54) is 4.88 Å². The maximum Gasteiger partial charge on any atom is 0.387 e. The molecule has 0 spiro atoms. The lowest BCUT2D eigenvalue weighted by Gasteiger charge is -2.22. The van der Waals surface area contributed by atoms with Gasteiger partial charge in [0.2, 0.25) is 0 Å². The van der Waals surface area contributed by atoms with Crippen LogP contribution >= 0.6 is 35.3 Å². The van der Waals surface area contributed by atoms with Gasteiger partial charge in [-0.15, -0.1) is 35.3 Å². The van der Waals surface area contributed by atoms with Gasteiger partial charge in [0.05, 0.1) is 5.01 Å². The Morgan fingerprint density at radius 1 is 1.33 bits per heavy atom. The van der Waals surface area contributed by atoms with Crippen LogP contribution in [0.3, 0.4) is 0 Å². The maximum atomic E-state index is 12.2. The quantitative estimate of drug-likeness (QED) is 0.329. The number of nitrogens with zero attached hydrogens (tertiary/aromatic N) is 3. The van der Waals surface area contributed by atoms with Gasteiger partial charge in [0.15, 0.2) is 5.96 Å². The smallest absolute Gasteiger partial charge is 0.387 e. The Labute approximate surface area is 179 Å². The van der Waals surface area contributed by atoms with Gasteiger partial charge < -0.3 is 15.0 Å². The molecule has 27 heavy (non-hydrogen) atoms. The van der Waals surface area contributed by atoms with Crippen LogP contribution in [-0.4, -0.2) is 43.1 Å². The maximum absolute atomic E-state index is 12.2. The highest BCUT2D eigenvalue weighted by molar-refractivity contribution is 14.0. The SMILES string of the molecule is CCc1cnc(CCNC(=NC)N(C)Cc2ccc(OC(F)F)cc2)s1.I. The van der Waals surface area contributed by atoms with Crippen LogP contribution in [0.4, 0.5) is 8.78 Å². The summed E-state index contributed by atoms with van der Waals surface area (Å²) in [5.41, 5.74) is 0.976. The molecule has 0 aliphatic heterocycles. The molecule has 5 nitrogen and oxygen atoms in total. The van der Waals surface area contributed by atoms with Crippen molar-refractivity contribution >= 4 is 41.3 Å². The van der Waals surface area contributed by atoms with E-state index in [1.54, 1.807) is 42.6 Å². The summed E-state index contributed by atoms with van der Waals surface area (Å²) in [5.74, 6) is 0.925. The molecule has 0 radical (unpaired) electrons. The molecule has 1 aromatic carbocycles. The minimum absolute atomic E-state index is 0. The second kappa shape index (κ2) is 12.1. The summed E-state index contributed by atoms with van der Waals surface area (Å²) in [6.07, 6.45) is 3.79. The Morgan fingerprint density at radius 2 is 2.04 bits per heavy atom. The van der Waals surface area contributed by atoms with Crippen molar-refractivity contribution < 1.29 is 13.5 Å². The second-order valence-corrected chi connectivity index (χ2v) is 6.88. The third-order valence-electron chi connectivity index (χ3n) is 3.71. The van der Waals surface area contributed by atoms with Crippen LogP contribution in [-0.2, 0) is 19.4 Å². The first-order valence-corrected chi connectivity index (χ1v) is 9.22. The molecule has 2 aromatic rings. The van der Waals surface area contributed by atoms with Crippen LogP contribution in [0.25, 0.3) is 0 Å². The zero-order chi connectivity index (χ0) is 18.9. The number of aliphatic imine (C=N–C) groups is 1. The molecule has 0 atom stereocenters. The Morgan fingerprint density at radius 3 is 2.59 bits per heavy atom. The number of aryl methyl sites for hydroxylation is 1. The van der Waals surface area contributed by atoms with Crippen LogP contribution in [0.5, 0.6) is 5.75 Å². The number of rotatable bonds is 8. The van der Waals surface area contributed by atoms with E-state index in [2.05, 4.69) is 27.0 Å². The minimum Gasteiger partial charge on any atom is -0.435 e. The van der Waals surface area contributed by atoms with Crippen LogP contribution in [0, 0.1) is 0 Å². The van der Waals surface area contributed by atoms with Crippen molar-refractivity contribution in [2.75, 3.05) is 20.6 Å². The molecule has 1 aromatic heterocycles. The fourth-order valence-corrected chi connectivity index (χ4v) is 3.28. The third kappa shape index (κ3) is 7.96. The van der Waals surface area contributed by atoms with Crippen LogP contribution in [0.2, 0.25) is 0 Å². The summed E-state index contributed by atoms with van der Waals surface area (Å²) < 4.78 is 28.7. The van der Waals surface area contributed by atoms with E-state index in [0.29, 0.717) is 6.54 Å². The van der Waals surface area contributed by atoms with Crippen LogP contribution < -0.4 is 10.1 Å². The van der Waals surface area contributed by atoms with Crippen molar-refractivity contribution in [1.82, 2.24) is 15.2 Å². The average Bonchev–Trinajstić information content (AvgIpc) is 3.08. The number of nitrogens with one attached hydrogen (secondary N) is 1. The van der Waals surface area contributed by atoms with Crippen LogP contribution in [0.1, 0.15) is 22.4 Å². The van der Waals surface area contributed by atoms with Crippen molar-refractivity contribution in [1.29, 1.82) is 0 Å². The van der Waals surface area contributed by atoms with E-state index in [1.807, 2.05) is 18.1 Å². The van der Waals surface area contributed by atoms with Gasteiger partial charge in [0.1, 0.15) is 5.75 Å². The van der Waals surface area contributed by atoms with Gasteiger partial charge in [-0.05, 0) is 24.1 Å². The topological polar surface area (TPSA) is 49.8 Å².